The predicted octanol–water partition coefficient (Wildman–Crippen LogP) is 2.93. The van der Waals surface area contributed by atoms with Gasteiger partial charge in [0.25, 0.3) is 0 Å². The summed E-state index contributed by atoms with van der Waals surface area (Å²) in [6.45, 7) is 0. The molecule has 2 aromatic carbocycles. The maximum absolute atomic E-state index is 5.98. The molecule has 1 heterocycles. The van der Waals surface area contributed by atoms with E-state index in [0.29, 0.717) is 5.82 Å². The van der Waals surface area contributed by atoms with E-state index < -0.39 is 0 Å². The molecule has 0 fully saturated rings. The lowest BCUT2D eigenvalue weighted by atomic mass is 10.1. The summed E-state index contributed by atoms with van der Waals surface area (Å²) in [5.41, 5.74) is 11.4. The molecule has 0 aliphatic rings. The third-order valence-corrected chi connectivity index (χ3v) is 3.08. The third-order valence-electron chi connectivity index (χ3n) is 3.08. The van der Waals surface area contributed by atoms with Crippen LogP contribution >= 0.6 is 0 Å². The zero-order valence-electron chi connectivity index (χ0n) is 11.0. The van der Waals surface area contributed by atoms with E-state index in [9.17, 15) is 0 Å². The molecule has 0 atom stereocenters. The van der Waals surface area contributed by atoms with Crippen molar-refractivity contribution in [2.24, 2.45) is 0 Å². The average Bonchev–Trinajstić information content (AvgIpc) is 2.83. The van der Waals surface area contributed by atoms with E-state index in [4.69, 9.17) is 5.73 Å². The fourth-order valence-electron chi connectivity index (χ4n) is 2.08. The Kier molecular flexibility index (Phi) is 3.37. The summed E-state index contributed by atoms with van der Waals surface area (Å²) in [5, 5.41) is 0. The van der Waals surface area contributed by atoms with Crippen LogP contribution in [-0.4, -0.2) is 9.66 Å². The normalized spacial score (nSPS) is 10.4. The molecule has 0 radical (unpaired) electrons. The predicted molar refractivity (Wildman–Crippen MR) is 81.4 cm³/mol. The van der Waals surface area contributed by atoms with E-state index in [-0.39, 0.29) is 0 Å². The van der Waals surface area contributed by atoms with Crippen molar-refractivity contribution < 1.29 is 0 Å². The van der Waals surface area contributed by atoms with Crippen molar-refractivity contribution in [1.29, 1.82) is 0 Å². The van der Waals surface area contributed by atoms with Crippen LogP contribution in [0, 0.1) is 0 Å². The van der Waals surface area contributed by atoms with Crippen LogP contribution in [-0.2, 0) is 6.42 Å². The standard InChI is InChI=1S/C16H16N4/c17-15-12-18-16(11-13-7-3-1-4-8-13)20(15)19-14-9-5-2-6-10-14/h1-10,12,19H,11,17H2. The van der Waals surface area contributed by atoms with Crippen LogP contribution in [0.25, 0.3) is 0 Å². The topological polar surface area (TPSA) is 55.9 Å². The van der Waals surface area contributed by atoms with Gasteiger partial charge in [-0.05, 0) is 17.7 Å². The number of imidazole rings is 1. The first-order valence-corrected chi connectivity index (χ1v) is 6.51. The number of para-hydroxylation sites is 1. The van der Waals surface area contributed by atoms with Crippen molar-refractivity contribution in [3.05, 3.63) is 78.2 Å². The van der Waals surface area contributed by atoms with Crippen molar-refractivity contribution in [3.8, 4) is 0 Å². The second kappa shape index (κ2) is 5.48. The molecule has 0 aliphatic heterocycles. The molecule has 3 N–H and O–H groups in total. The van der Waals surface area contributed by atoms with E-state index in [1.165, 1.54) is 5.56 Å². The molecule has 100 valence electrons. The van der Waals surface area contributed by atoms with Crippen LogP contribution < -0.4 is 11.2 Å². The van der Waals surface area contributed by atoms with E-state index >= 15 is 0 Å². The van der Waals surface area contributed by atoms with Crippen LogP contribution in [0.3, 0.4) is 0 Å². The van der Waals surface area contributed by atoms with Gasteiger partial charge in [-0.2, -0.15) is 0 Å². The Balaban J connectivity index is 1.86. The number of anilines is 2. The van der Waals surface area contributed by atoms with Crippen LogP contribution in [0.1, 0.15) is 11.4 Å². The number of hydrogen-bond acceptors (Lipinski definition) is 3. The Morgan fingerprint density at radius 2 is 1.60 bits per heavy atom. The lowest BCUT2D eigenvalue weighted by molar-refractivity contribution is 0.860. The number of benzene rings is 2. The first-order valence-electron chi connectivity index (χ1n) is 6.51. The molecule has 3 aromatic rings. The Morgan fingerprint density at radius 1 is 0.950 bits per heavy atom. The molecular formula is C16H16N4. The molecule has 4 nitrogen and oxygen atoms in total. The van der Waals surface area contributed by atoms with Gasteiger partial charge >= 0.3 is 0 Å². The first kappa shape index (κ1) is 12.3. The van der Waals surface area contributed by atoms with Gasteiger partial charge in [0.15, 0.2) is 0 Å². The number of nitrogen functional groups attached to an aromatic ring is 1. The summed E-state index contributed by atoms with van der Waals surface area (Å²) in [4.78, 5) is 4.38. The molecule has 0 amide bonds. The Morgan fingerprint density at radius 3 is 2.30 bits per heavy atom. The Labute approximate surface area is 117 Å². The molecule has 4 heteroatoms. The molecule has 0 spiro atoms. The maximum atomic E-state index is 5.98. The lowest BCUT2D eigenvalue weighted by Crippen LogP contribution is -2.15. The molecule has 3 rings (SSSR count). The van der Waals surface area contributed by atoms with Gasteiger partial charge in [0.2, 0.25) is 0 Å². The van der Waals surface area contributed by atoms with Gasteiger partial charge in [-0.15, -0.1) is 0 Å². The SMILES string of the molecule is Nc1cnc(Cc2ccccc2)n1Nc1ccccc1. The van der Waals surface area contributed by atoms with Crippen molar-refractivity contribution >= 4 is 11.5 Å². The second-order valence-electron chi connectivity index (χ2n) is 4.57. The van der Waals surface area contributed by atoms with Gasteiger partial charge < -0.3 is 5.73 Å². The summed E-state index contributed by atoms with van der Waals surface area (Å²) >= 11 is 0. The minimum Gasteiger partial charge on any atom is -0.382 e. The van der Waals surface area contributed by atoms with Crippen molar-refractivity contribution in [2.45, 2.75) is 6.42 Å². The van der Waals surface area contributed by atoms with Crippen LogP contribution in [0.5, 0.6) is 0 Å². The van der Waals surface area contributed by atoms with Crippen LogP contribution in [0.2, 0.25) is 0 Å². The Bertz CT molecular complexity index is 674. The summed E-state index contributed by atoms with van der Waals surface area (Å²) in [6, 6.07) is 20.1. The zero-order valence-corrected chi connectivity index (χ0v) is 11.0. The summed E-state index contributed by atoms with van der Waals surface area (Å²) in [6.07, 6.45) is 2.41. The minimum atomic E-state index is 0.597. The van der Waals surface area contributed by atoms with Crippen molar-refractivity contribution in [3.63, 3.8) is 0 Å². The fourth-order valence-corrected chi connectivity index (χ4v) is 2.08. The highest BCUT2D eigenvalue weighted by Gasteiger charge is 2.08. The highest BCUT2D eigenvalue weighted by atomic mass is 15.5. The van der Waals surface area contributed by atoms with Crippen molar-refractivity contribution in [1.82, 2.24) is 9.66 Å². The monoisotopic (exact) mass is 264 g/mol. The summed E-state index contributed by atoms with van der Waals surface area (Å²) in [5.74, 6) is 1.48. The van der Waals surface area contributed by atoms with Gasteiger partial charge in [-0.3, -0.25) is 5.43 Å². The highest BCUT2D eigenvalue weighted by molar-refractivity contribution is 5.45. The van der Waals surface area contributed by atoms with Gasteiger partial charge in [0, 0.05) is 6.42 Å². The number of nitrogens with zero attached hydrogens (tertiary/aromatic N) is 2. The van der Waals surface area contributed by atoms with Crippen molar-refractivity contribution in [2.75, 3.05) is 11.2 Å². The van der Waals surface area contributed by atoms with Gasteiger partial charge in [0.05, 0.1) is 11.9 Å². The van der Waals surface area contributed by atoms with Crippen LogP contribution in [0.15, 0.2) is 66.9 Å². The van der Waals surface area contributed by atoms with Gasteiger partial charge in [-0.1, -0.05) is 48.5 Å². The fraction of sp³-hybridized carbons (Fsp3) is 0.0625. The average molecular weight is 264 g/mol. The molecule has 0 bridgehead atoms. The van der Waals surface area contributed by atoms with E-state index in [1.54, 1.807) is 6.20 Å². The number of nitrogens with one attached hydrogen (secondary N) is 1. The van der Waals surface area contributed by atoms with Gasteiger partial charge in [-0.25, -0.2) is 9.66 Å². The first-order chi connectivity index (χ1) is 9.83. The van der Waals surface area contributed by atoms with E-state index in [1.807, 2.05) is 53.2 Å². The summed E-state index contributed by atoms with van der Waals surface area (Å²) < 4.78 is 1.82. The second-order valence-corrected chi connectivity index (χ2v) is 4.57. The van der Waals surface area contributed by atoms with E-state index in [2.05, 4.69) is 22.5 Å². The molecule has 20 heavy (non-hydrogen) atoms. The molecule has 0 aliphatic carbocycles. The number of rotatable bonds is 4. The molecule has 0 saturated carbocycles. The third kappa shape index (κ3) is 2.64. The smallest absolute Gasteiger partial charge is 0.143 e. The Hall–Kier alpha value is -2.75. The molecular weight excluding hydrogens is 248 g/mol. The lowest BCUT2D eigenvalue weighted by Gasteiger charge is -2.12. The van der Waals surface area contributed by atoms with Gasteiger partial charge in [0.1, 0.15) is 11.6 Å². The summed E-state index contributed by atoms with van der Waals surface area (Å²) in [7, 11) is 0. The van der Waals surface area contributed by atoms with Crippen LogP contribution in [0.4, 0.5) is 11.5 Å². The minimum absolute atomic E-state index is 0.597. The van der Waals surface area contributed by atoms with E-state index in [0.717, 1.165) is 17.9 Å². The molecule has 0 saturated heterocycles. The zero-order chi connectivity index (χ0) is 13.8. The molecule has 1 aromatic heterocycles. The number of hydrogen-bond donors (Lipinski definition) is 2. The highest BCUT2D eigenvalue weighted by Crippen LogP contribution is 2.14. The number of aromatic nitrogens is 2. The largest absolute Gasteiger partial charge is 0.382 e. The maximum Gasteiger partial charge on any atom is 0.143 e. The number of nitrogens with two attached hydrogens (primary N) is 1. The molecule has 0 unspecified atom stereocenters. The quantitative estimate of drug-likeness (QED) is 0.761.